The molecule has 1 aromatic rings. The number of nitrogens with one attached hydrogen (secondary N) is 1. The first-order valence-corrected chi connectivity index (χ1v) is 4.73. The summed E-state index contributed by atoms with van der Waals surface area (Å²) in [6.45, 7) is 1.58. The van der Waals surface area contributed by atoms with Crippen molar-refractivity contribution in [3.05, 3.63) is 40.4 Å². The topological polar surface area (TPSA) is 12.0 Å². The molecule has 6 heteroatoms. The molecule has 88 valence electrons. The summed E-state index contributed by atoms with van der Waals surface area (Å²) in [6.07, 6.45) is 0. The SMILES string of the molecule is C/C(=C/Cl)CNc1c(F)c(F)cc(F)c1F. The molecular formula is C10H8ClF4N. The van der Waals surface area contributed by atoms with Gasteiger partial charge in [0.05, 0.1) is 0 Å². The maximum atomic E-state index is 13.1. The van der Waals surface area contributed by atoms with Crippen molar-refractivity contribution in [2.75, 3.05) is 11.9 Å². The summed E-state index contributed by atoms with van der Waals surface area (Å²) in [4.78, 5) is 0. The van der Waals surface area contributed by atoms with Crippen molar-refractivity contribution in [1.82, 2.24) is 0 Å². The Morgan fingerprint density at radius 3 is 2.19 bits per heavy atom. The van der Waals surface area contributed by atoms with E-state index in [1.165, 1.54) is 5.54 Å². The van der Waals surface area contributed by atoms with Crippen molar-refractivity contribution in [1.29, 1.82) is 0 Å². The van der Waals surface area contributed by atoms with Crippen LogP contribution in [0.3, 0.4) is 0 Å². The lowest BCUT2D eigenvalue weighted by atomic mass is 10.2. The third kappa shape index (κ3) is 2.66. The maximum absolute atomic E-state index is 13.1. The van der Waals surface area contributed by atoms with E-state index >= 15 is 0 Å². The molecule has 1 aromatic carbocycles. The highest BCUT2D eigenvalue weighted by atomic mass is 35.5. The quantitative estimate of drug-likeness (QED) is 0.638. The Kier molecular flexibility index (Phi) is 4.18. The first kappa shape index (κ1) is 12.8. The van der Waals surface area contributed by atoms with E-state index in [1.54, 1.807) is 6.92 Å². The molecule has 16 heavy (non-hydrogen) atoms. The van der Waals surface area contributed by atoms with Crippen molar-refractivity contribution in [2.24, 2.45) is 0 Å². The molecule has 0 atom stereocenters. The second kappa shape index (κ2) is 5.21. The van der Waals surface area contributed by atoms with Crippen molar-refractivity contribution in [3.8, 4) is 0 Å². The first-order chi connectivity index (χ1) is 7.47. The maximum Gasteiger partial charge on any atom is 0.185 e. The molecule has 0 aromatic heterocycles. The second-order valence-corrected chi connectivity index (χ2v) is 3.37. The van der Waals surface area contributed by atoms with Crippen LogP contribution >= 0.6 is 11.6 Å². The second-order valence-electron chi connectivity index (χ2n) is 3.15. The van der Waals surface area contributed by atoms with Gasteiger partial charge in [0.15, 0.2) is 23.3 Å². The number of hydrogen-bond acceptors (Lipinski definition) is 1. The first-order valence-electron chi connectivity index (χ1n) is 4.30. The summed E-state index contributed by atoms with van der Waals surface area (Å²) in [5, 5.41) is 2.23. The van der Waals surface area contributed by atoms with E-state index in [1.807, 2.05) is 0 Å². The van der Waals surface area contributed by atoms with Crippen molar-refractivity contribution in [2.45, 2.75) is 6.92 Å². The standard InChI is InChI=1S/C10H8ClF4N/c1-5(3-11)4-16-10-8(14)6(12)2-7(13)9(10)15/h2-3,16H,4H2,1H3/b5-3-. The van der Waals surface area contributed by atoms with E-state index < -0.39 is 29.0 Å². The fourth-order valence-electron chi connectivity index (χ4n) is 0.995. The molecular weight excluding hydrogens is 246 g/mol. The summed E-state index contributed by atoms with van der Waals surface area (Å²) in [5.74, 6) is -5.81. The van der Waals surface area contributed by atoms with E-state index in [9.17, 15) is 17.6 Å². The predicted octanol–water partition coefficient (Wildman–Crippen LogP) is 3.80. The third-order valence-electron chi connectivity index (χ3n) is 1.84. The van der Waals surface area contributed by atoms with Crippen LogP contribution in [0.15, 0.2) is 17.2 Å². The monoisotopic (exact) mass is 253 g/mol. The van der Waals surface area contributed by atoms with Crippen LogP contribution in [0, 0.1) is 23.3 Å². The van der Waals surface area contributed by atoms with E-state index in [0.717, 1.165) is 0 Å². The van der Waals surface area contributed by atoms with Crippen LogP contribution in [0.25, 0.3) is 0 Å². The Bertz CT molecular complexity index is 405. The third-order valence-corrected chi connectivity index (χ3v) is 2.21. The highest BCUT2D eigenvalue weighted by Crippen LogP contribution is 2.24. The van der Waals surface area contributed by atoms with Gasteiger partial charge < -0.3 is 5.32 Å². The number of hydrogen-bond donors (Lipinski definition) is 1. The van der Waals surface area contributed by atoms with Gasteiger partial charge in [0.25, 0.3) is 0 Å². The van der Waals surface area contributed by atoms with Gasteiger partial charge in [-0.05, 0) is 12.5 Å². The Balaban J connectivity index is 3.03. The Labute approximate surface area is 94.7 Å². The van der Waals surface area contributed by atoms with Gasteiger partial charge in [0, 0.05) is 18.1 Å². The molecule has 0 saturated carbocycles. The lowest BCUT2D eigenvalue weighted by Crippen LogP contribution is -2.09. The Morgan fingerprint density at radius 1 is 1.25 bits per heavy atom. The van der Waals surface area contributed by atoms with Crippen LogP contribution in [0.1, 0.15) is 6.92 Å². The summed E-state index contributed by atoms with van der Waals surface area (Å²) >= 11 is 5.32. The molecule has 0 amide bonds. The normalized spacial score (nSPS) is 11.8. The van der Waals surface area contributed by atoms with Gasteiger partial charge in [0.2, 0.25) is 0 Å². The summed E-state index contributed by atoms with van der Waals surface area (Å²) in [5.41, 5.74) is 0.916. The lowest BCUT2D eigenvalue weighted by Gasteiger charge is -2.09. The number of benzene rings is 1. The fraction of sp³-hybridized carbons (Fsp3) is 0.200. The van der Waals surface area contributed by atoms with Gasteiger partial charge in [0.1, 0.15) is 5.69 Å². The molecule has 0 aliphatic carbocycles. The van der Waals surface area contributed by atoms with Gasteiger partial charge in [-0.3, -0.25) is 0 Å². The van der Waals surface area contributed by atoms with Gasteiger partial charge in [-0.15, -0.1) is 0 Å². The molecule has 0 fully saturated rings. The summed E-state index contributed by atoms with van der Waals surface area (Å²) in [7, 11) is 0. The predicted molar refractivity (Wildman–Crippen MR) is 54.4 cm³/mol. The molecule has 0 spiro atoms. The van der Waals surface area contributed by atoms with Gasteiger partial charge in [-0.1, -0.05) is 11.6 Å². The van der Waals surface area contributed by atoms with Crippen LogP contribution in [0.2, 0.25) is 0 Å². The zero-order valence-electron chi connectivity index (χ0n) is 8.25. The highest BCUT2D eigenvalue weighted by Gasteiger charge is 2.18. The Hall–Kier alpha value is -1.23. The fourth-order valence-corrected chi connectivity index (χ4v) is 1.07. The molecule has 0 heterocycles. The largest absolute Gasteiger partial charge is 0.376 e. The Morgan fingerprint density at radius 2 is 1.75 bits per heavy atom. The van der Waals surface area contributed by atoms with Crippen LogP contribution < -0.4 is 5.32 Å². The van der Waals surface area contributed by atoms with Crippen molar-refractivity contribution >= 4 is 17.3 Å². The molecule has 0 saturated heterocycles. The highest BCUT2D eigenvalue weighted by molar-refractivity contribution is 6.25. The summed E-state index contributed by atoms with van der Waals surface area (Å²) in [6, 6.07) is 0.153. The van der Waals surface area contributed by atoms with Crippen LogP contribution in [0.5, 0.6) is 0 Å². The van der Waals surface area contributed by atoms with Crippen molar-refractivity contribution < 1.29 is 17.6 Å². The average molecular weight is 254 g/mol. The average Bonchev–Trinajstić information content (AvgIpc) is 2.26. The van der Waals surface area contributed by atoms with E-state index in [-0.39, 0.29) is 12.6 Å². The van der Waals surface area contributed by atoms with Gasteiger partial charge in [-0.2, -0.15) is 0 Å². The van der Waals surface area contributed by atoms with Crippen LogP contribution in [-0.2, 0) is 0 Å². The van der Waals surface area contributed by atoms with Crippen LogP contribution in [-0.4, -0.2) is 6.54 Å². The van der Waals surface area contributed by atoms with E-state index in [4.69, 9.17) is 11.6 Å². The van der Waals surface area contributed by atoms with E-state index in [0.29, 0.717) is 5.57 Å². The molecule has 0 aliphatic rings. The minimum Gasteiger partial charge on any atom is -0.376 e. The van der Waals surface area contributed by atoms with E-state index in [2.05, 4.69) is 5.32 Å². The molecule has 0 bridgehead atoms. The van der Waals surface area contributed by atoms with Crippen LogP contribution in [0.4, 0.5) is 23.2 Å². The number of anilines is 1. The lowest BCUT2D eigenvalue weighted by molar-refractivity contribution is 0.458. The molecule has 1 nitrogen and oxygen atoms in total. The zero-order chi connectivity index (χ0) is 12.3. The molecule has 0 aliphatic heterocycles. The smallest absolute Gasteiger partial charge is 0.185 e. The minimum atomic E-state index is -1.46. The minimum absolute atomic E-state index is 0.0137. The van der Waals surface area contributed by atoms with Gasteiger partial charge >= 0.3 is 0 Å². The number of rotatable bonds is 3. The van der Waals surface area contributed by atoms with Gasteiger partial charge in [-0.25, -0.2) is 17.6 Å². The molecule has 1 rings (SSSR count). The molecule has 0 unspecified atom stereocenters. The summed E-state index contributed by atoms with van der Waals surface area (Å²) < 4.78 is 51.7. The number of halogens is 5. The van der Waals surface area contributed by atoms with Crippen molar-refractivity contribution in [3.63, 3.8) is 0 Å². The zero-order valence-corrected chi connectivity index (χ0v) is 9.01. The molecule has 0 radical (unpaired) electrons. The molecule has 1 N–H and O–H groups in total.